The molecule has 1 amide bonds. The molecule has 0 saturated carbocycles. The molecule has 0 fully saturated rings. The molecule has 2 aromatic carbocycles. The highest BCUT2D eigenvalue weighted by Gasteiger charge is 2.25. The number of amides is 1. The Hall–Kier alpha value is -2.16. The van der Waals surface area contributed by atoms with E-state index in [1.165, 1.54) is 6.07 Å². The van der Waals surface area contributed by atoms with Crippen molar-refractivity contribution < 1.29 is 9.18 Å². The van der Waals surface area contributed by atoms with Crippen LogP contribution in [0.4, 0.5) is 4.39 Å². The number of nitrogens with one attached hydrogen (secondary N) is 1. The zero-order chi connectivity index (χ0) is 15.9. The van der Waals surface area contributed by atoms with Gasteiger partial charge in [-0.05, 0) is 17.5 Å². The van der Waals surface area contributed by atoms with Gasteiger partial charge in [-0.3, -0.25) is 4.79 Å². The molecule has 0 spiro atoms. The van der Waals surface area contributed by atoms with Crippen LogP contribution in [-0.2, 0) is 11.3 Å². The minimum absolute atomic E-state index is 0.0520. The van der Waals surface area contributed by atoms with Gasteiger partial charge in [0.1, 0.15) is 5.82 Å². The monoisotopic (exact) mass is 299 g/mol. The fourth-order valence-corrected chi connectivity index (χ4v) is 2.57. The highest BCUT2D eigenvalue weighted by molar-refractivity contribution is 5.83. The van der Waals surface area contributed by atoms with E-state index in [1.807, 2.05) is 30.3 Å². The molecule has 0 aromatic heterocycles. The molecule has 3 heteroatoms. The zero-order valence-electron chi connectivity index (χ0n) is 13.1. The third-order valence-electron chi connectivity index (χ3n) is 4.07. The second-order valence-electron chi connectivity index (χ2n) is 5.58. The van der Waals surface area contributed by atoms with E-state index in [2.05, 4.69) is 19.2 Å². The summed E-state index contributed by atoms with van der Waals surface area (Å²) < 4.78 is 13.6. The van der Waals surface area contributed by atoms with E-state index in [9.17, 15) is 9.18 Å². The summed E-state index contributed by atoms with van der Waals surface area (Å²) in [6.07, 6.45) is 0.909. The van der Waals surface area contributed by atoms with Crippen LogP contribution in [0, 0.1) is 11.7 Å². The van der Waals surface area contributed by atoms with Crippen molar-refractivity contribution in [2.24, 2.45) is 5.92 Å². The van der Waals surface area contributed by atoms with E-state index in [0.717, 1.165) is 12.0 Å². The number of carbonyl (C=O) groups is 1. The molecule has 2 rings (SSSR count). The average molecular weight is 299 g/mol. The first-order chi connectivity index (χ1) is 10.6. The predicted octanol–water partition coefficient (Wildman–Crippen LogP) is 4.27. The van der Waals surface area contributed by atoms with Gasteiger partial charge < -0.3 is 5.32 Å². The number of rotatable bonds is 6. The van der Waals surface area contributed by atoms with Gasteiger partial charge in [0, 0.05) is 12.1 Å². The second kappa shape index (κ2) is 7.74. The van der Waals surface area contributed by atoms with Gasteiger partial charge >= 0.3 is 0 Å². The van der Waals surface area contributed by atoms with E-state index < -0.39 is 0 Å². The predicted molar refractivity (Wildman–Crippen MR) is 86.9 cm³/mol. The van der Waals surface area contributed by atoms with Gasteiger partial charge in [-0.25, -0.2) is 4.39 Å². The van der Waals surface area contributed by atoms with Crippen LogP contribution < -0.4 is 5.32 Å². The van der Waals surface area contributed by atoms with Crippen LogP contribution in [-0.4, -0.2) is 5.91 Å². The van der Waals surface area contributed by atoms with Crippen molar-refractivity contribution >= 4 is 5.91 Å². The van der Waals surface area contributed by atoms with Crippen LogP contribution in [0.1, 0.15) is 37.3 Å². The van der Waals surface area contributed by atoms with E-state index in [-0.39, 0.29) is 30.1 Å². The summed E-state index contributed by atoms with van der Waals surface area (Å²) in [6.45, 7) is 4.36. The van der Waals surface area contributed by atoms with E-state index in [1.54, 1.807) is 18.2 Å². The molecule has 0 aliphatic carbocycles. The molecule has 0 aliphatic heterocycles. The summed E-state index contributed by atoms with van der Waals surface area (Å²) in [6, 6.07) is 16.3. The summed E-state index contributed by atoms with van der Waals surface area (Å²) in [5.41, 5.74) is 1.51. The molecule has 0 aliphatic rings. The van der Waals surface area contributed by atoms with Crippen LogP contribution in [0.15, 0.2) is 54.6 Å². The molecule has 2 atom stereocenters. The topological polar surface area (TPSA) is 29.1 Å². The van der Waals surface area contributed by atoms with Crippen LogP contribution >= 0.6 is 0 Å². The van der Waals surface area contributed by atoms with Crippen LogP contribution in [0.2, 0.25) is 0 Å². The largest absolute Gasteiger partial charge is 0.351 e. The number of benzene rings is 2. The third-order valence-corrected chi connectivity index (χ3v) is 4.07. The Morgan fingerprint density at radius 2 is 1.73 bits per heavy atom. The Morgan fingerprint density at radius 1 is 1.09 bits per heavy atom. The lowest BCUT2D eigenvalue weighted by Crippen LogP contribution is -2.32. The highest BCUT2D eigenvalue weighted by atomic mass is 19.1. The first-order valence-corrected chi connectivity index (χ1v) is 7.69. The highest BCUT2D eigenvalue weighted by Crippen LogP contribution is 2.27. The minimum atomic E-state index is -0.289. The van der Waals surface area contributed by atoms with Crippen molar-refractivity contribution in [3.8, 4) is 0 Å². The SMILES string of the molecule is CC[C@@H](C)[C@@H](C(=O)NCc1ccccc1F)c1ccccc1. The summed E-state index contributed by atoms with van der Waals surface area (Å²) >= 11 is 0. The molecule has 0 bridgehead atoms. The van der Waals surface area contributed by atoms with Crippen molar-refractivity contribution in [2.45, 2.75) is 32.7 Å². The van der Waals surface area contributed by atoms with Crippen molar-refractivity contribution in [3.63, 3.8) is 0 Å². The Kier molecular flexibility index (Phi) is 5.70. The lowest BCUT2D eigenvalue weighted by Gasteiger charge is -2.23. The van der Waals surface area contributed by atoms with Crippen LogP contribution in [0.3, 0.4) is 0 Å². The summed E-state index contributed by atoms with van der Waals surface area (Å²) in [7, 11) is 0. The smallest absolute Gasteiger partial charge is 0.228 e. The molecule has 0 saturated heterocycles. The Balaban J connectivity index is 2.11. The number of carbonyl (C=O) groups excluding carboxylic acids is 1. The zero-order valence-corrected chi connectivity index (χ0v) is 13.1. The van der Waals surface area contributed by atoms with Gasteiger partial charge in [0.25, 0.3) is 0 Å². The quantitative estimate of drug-likeness (QED) is 0.848. The average Bonchev–Trinajstić information content (AvgIpc) is 2.55. The minimum Gasteiger partial charge on any atom is -0.351 e. The summed E-state index contributed by atoms with van der Waals surface area (Å²) in [4.78, 5) is 12.6. The van der Waals surface area contributed by atoms with E-state index in [0.29, 0.717) is 5.56 Å². The lowest BCUT2D eigenvalue weighted by molar-refractivity contribution is -0.123. The molecule has 22 heavy (non-hydrogen) atoms. The third kappa shape index (κ3) is 3.94. The summed E-state index contributed by atoms with van der Waals surface area (Å²) in [5, 5.41) is 2.87. The van der Waals surface area contributed by atoms with Gasteiger partial charge in [-0.15, -0.1) is 0 Å². The van der Waals surface area contributed by atoms with Gasteiger partial charge in [0.15, 0.2) is 0 Å². The lowest BCUT2D eigenvalue weighted by atomic mass is 9.85. The Labute approximate surface area is 131 Å². The van der Waals surface area contributed by atoms with E-state index in [4.69, 9.17) is 0 Å². The molecule has 2 aromatic rings. The summed E-state index contributed by atoms with van der Waals surface area (Å²) in [5.74, 6) is -0.326. The molecule has 0 heterocycles. The van der Waals surface area contributed by atoms with E-state index >= 15 is 0 Å². The number of halogens is 1. The molecular formula is C19H22FNO. The number of hydrogen-bond donors (Lipinski definition) is 1. The molecule has 0 unspecified atom stereocenters. The maximum absolute atomic E-state index is 13.6. The van der Waals surface area contributed by atoms with Crippen LogP contribution in [0.5, 0.6) is 0 Å². The Bertz CT molecular complexity index is 612. The maximum atomic E-state index is 13.6. The fraction of sp³-hybridized carbons (Fsp3) is 0.316. The van der Waals surface area contributed by atoms with Crippen molar-refractivity contribution in [2.75, 3.05) is 0 Å². The van der Waals surface area contributed by atoms with Gasteiger partial charge in [0.2, 0.25) is 5.91 Å². The fourth-order valence-electron chi connectivity index (χ4n) is 2.57. The molecular weight excluding hydrogens is 277 g/mol. The van der Waals surface area contributed by atoms with Crippen molar-refractivity contribution in [1.29, 1.82) is 0 Å². The Morgan fingerprint density at radius 3 is 2.36 bits per heavy atom. The first kappa shape index (κ1) is 16.2. The second-order valence-corrected chi connectivity index (χ2v) is 5.58. The van der Waals surface area contributed by atoms with Crippen molar-refractivity contribution in [1.82, 2.24) is 5.32 Å². The molecule has 2 nitrogen and oxygen atoms in total. The molecule has 116 valence electrons. The number of hydrogen-bond acceptors (Lipinski definition) is 1. The maximum Gasteiger partial charge on any atom is 0.228 e. The normalized spacial score (nSPS) is 13.4. The first-order valence-electron chi connectivity index (χ1n) is 7.69. The van der Waals surface area contributed by atoms with Crippen LogP contribution in [0.25, 0.3) is 0 Å². The van der Waals surface area contributed by atoms with Crippen molar-refractivity contribution in [3.05, 3.63) is 71.5 Å². The van der Waals surface area contributed by atoms with Gasteiger partial charge in [-0.1, -0.05) is 68.8 Å². The molecule has 0 radical (unpaired) electrons. The van der Waals surface area contributed by atoms with Gasteiger partial charge in [-0.2, -0.15) is 0 Å². The van der Waals surface area contributed by atoms with Gasteiger partial charge in [0.05, 0.1) is 5.92 Å². The standard InChI is InChI=1S/C19H22FNO/c1-3-14(2)18(15-9-5-4-6-10-15)19(22)21-13-16-11-7-8-12-17(16)20/h4-12,14,18H,3,13H2,1-2H3,(H,21,22)/t14-,18-/m1/s1. The molecule has 1 N–H and O–H groups in total.